The summed E-state index contributed by atoms with van der Waals surface area (Å²) in [5, 5.41) is 12.6. The molecule has 2 N–H and O–H groups in total. The Morgan fingerprint density at radius 1 is 1.19 bits per heavy atom. The van der Waals surface area contributed by atoms with Crippen molar-refractivity contribution in [2.45, 2.75) is 12.5 Å². The average Bonchev–Trinajstić information content (AvgIpc) is 2.50. The van der Waals surface area contributed by atoms with Gasteiger partial charge in [0.2, 0.25) is 0 Å². The molecule has 21 heavy (non-hydrogen) atoms. The number of carbonyl (C=O) groups excluding carboxylic acids is 1. The minimum Gasteiger partial charge on any atom is -0.394 e. The van der Waals surface area contributed by atoms with Crippen molar-refractivity contribution in [3.8, 4) is 0 Å². The third-order valence-electron chi connectivity index (χ3n) is 3.08. The molecule has 2 aromatic carbocycles. The maximum Gasteiger partial charge on any atom is 0.253 e. The predicted molar refractivity (Wildman–Crippen MR) is 87.6 cm³/mol. The van der Waals surface area contributed by atoms with E-state index in [1.807, 2.05) is 30.3 Å². The quantitative estimate of drug-likeness (QED) is 0.849. The van der Waals surface area contributed by atoms with E-state index in [1.165, 1.54) is 0 Å². The number of benzene rings is 2. The Hall–Kier alpha value is -1.36. The third-order valence-corrected chi connectivity index (χ3v) is 4.37. The van der Waals surface area contributed by atoms with Gasteiger partial charge in [0.05, 0.1) is 23.2 Å². The summed E-state index contributed by atoms with van der Waals surface area (Å²) in [6.45, 7) is -0.133. The fraction of sp³-hybridized carbons (Fsp3) is 0.188. The van der Waals surface area contributed by atoms with Crippen LogP contribution in [-0.4, -0.2) is 23.7 Å². The molecule has 110 valence electrons. The molecule has 2 aromatic rings. The molecule has 1 atom stereocenters. The highest BCUT2D eigenvalue weighted by Crippen LogP contribution is 2.25. The Morgan fingerprint density at radius 2 is 1.90 bits per heavy atom. The SMILES string of the molecule is O=C(NC(CO)Cc1ccccc1)c1cccc(Br)c1Cl. The Balaban J connectivity index is 2.08. The summed E-state index contributed by atoms with van der Waals surface area (Å²) in [6, 6.07) is 14.5. The Bertz CT molecular complexity index is 619. The molecule has 0 radical (unpaired) electrons. The van der Waals surface area contributed by atoms with Gasteiger partial charge in [0, 0.05) is 4.47 Å². The van der Waals surface area contributed by atoms with E-state index >= 15 is 0 Å². The fourth-order valence-corrected chi connectivity index (χ4v) is 2.58. The third kappa shape index (κ3) is 4.30. The lowest BCUT2D eigenvalue weighted by Gasteiger charge is -2.17. The van der Waals surface area contributed by atoms with Crippen molar-refractivity contribution in [3.05, 3.63) is 69.2 Å². The van der Waals surface area contributed by atoms with Crippen LogP contribution in [0.3, 0.4) is 0 Å². The molecule has 0 heterocycles. The van der Waals surface area contributed by atoms with Crippen molar-refractivity contribution in [1.82, 2.24) is 5.32 Å². The Kier molecular flexibility index (Phi) is 5.79. The molecule has 0 aliphatic rings. The summed E-state index contributed by atoms with van der Waals surface area (Å²) >= 11 is 9.39. The fourth-order valence-electron chi connectivity index (χ4n) is 2.00. The molecule has 0 aromatic heterocycles. The van der Waals surface area contributed by atoms with E-state index in [9.17, 15) is 9.90 Å². The van der Waals surface area contributed by atoms with Gasteiger partial charge in [0.1, 0.15) is 0 Å². The van der Waals surface area contributed by atoms with Gasteiger partial charge in [-0.1, -0.05) is 48.0 Å². The summed E-state index contributed by atoms with van der Waals surface area (Å²) in [6.07, 6.45) is 0.564. The van der Waals surface area contributed by atoms with Crippen molar-refractivity contribution in [3.63, 3.8) is 0 Å². The van der Waals surface area contributed by atoms with Gasteiger partial charge >= 0.3 is 0 Å². The van der Waals surface area contributed by atoms with Crippen molar-refractivity contribution in [2.75, 3.05) is 6.61 Å². The van der Waals surface area contributed by atoms with Gasteiger partial charge < -0.3 is 10.4 Å². The van der Waals surface area contributed by atoms with Crippen molar-refractivity contribution in [1.29, 1.82) is 0 Å². The number of rotatable bonds is 5. The zero-order valence-electron chi connectivity index (χ0n) is 11.2. The van der Waals surface area contributed by atoms with Gasteiger partial charge in [0.25, 0.3) is 5.91 Å². The van der Waals surface area contributed by atoms with Crippen LogP contribution in [0, 0.1) is 0 Å². The molecule has 0 fully saturated rings. The minimum atomic E-state index is -0.352. The number of nitrogens with one attached hydrogen (secondary N) is 1. The van der Waals surface area contributed by atoms with Crippen LogP contribution >= 0.6 is 27.5 Å². The van der Waals surface area contributed by atoms with Crippen LogP contribution in [0.15, 0.2) is 53.0 Å². The summed E-state index contributed by atoms with van der Waals surface area (Å²) in [5.74, 6) is -0.295. The van der Waals surface area contributed by atoms with E-state index < -0.39 is 0 Å². The number of hydrogen-bond acceptors (Lipinski definition) is 2. The average molecular weight is 369 g/mol. The monoisotopic (exact) mass is 367 g/mol. The summed E-state index contributed by atoms with van der Waals surface area (Å²) in [5.41, 5.74) is 1.44. The molecule has 0 aliphatic carbocycles. The summed E-state index contributed by atoms with van der Waals surface area (Å²) < 4.78 is 0.667. The first-order valence-corrected chi connectivity index (χ1v) is 7.68. The lowest BCUT2D eigenvalue weighted by molar-refractivity contribution is 0.0916. The molecule has 0 saturated heterocycles. The van der Waals surface area contributed by atoms with E-state index in [0.717, 1.165) is 5.56 Å². The summed E-state index contributed by atoms with van der Waals surface area (Å²) in [7, 11) is 0. The standard InChI is InChI=1S/C16H15BrClNO2/c17-14-8-4-7-13(15(14)18)16(21)19-12(10-20)9-11-5-2-1-3-6-11/h1-8,12,20H,9-10H2,(H,19,21). The van der Waals surface area contributed by atoms with Crippen molar-refractivity contribution >= 4 is 33.4 Å². The van der Waals surface area contributed by atoms with Gasteiger partial charge in [-0.15, -0.1) is 0 Å². The topological polar surface area (TPSA) is 49.3 Å². The molecular weight excluding hydrogens is 354 g/mol. The Morgan fingerprint density at radius 3 is 2.57 bits per heavy atom. The van der Waals surface area contributed by atoms with Crippen LogP contribution in [0.4, 0.5) is 0 Å². The van der Waals surface area contributed by atoms with Gasteiger partial charge in [-0.2, -0.15) is 0 Å². The highest BCUT2D eigenvalue weighted by atomic mass is 79.9. The molecule has 2 rings (SSSR count). The predicted octanol–water partition coefficient (Wildman–Crippen LogP) is 3.44. The van der Waals surface area contributed by atoms with E-state index in [0.29, 0.717) is 21.5 Å². The minimum absolute atomic E-state index is 0.133. The van der Waals surface area contributed by atoms with Crippen molar-refractivity contribution < 1.29 is 9.90 Å². The maximum atomic E-state index is 12.2. The number of hydrogen-bond donors (Lipinski definition) is 2. The van der Waals surface area contributed by atoms with Crippen LogP contribution in [0.5, 0.6) is 0 Å². The van der Waals surface area contributed by atoms with E-state index in [2.05, 4.69) is 21.2 Å². The zero-order chi connectivity index (χ0) is 15.2. The van der Waals surface area contributed by atoms with Gasteiger partial charge in [-0.25, -0.2) is 0 Å². The molecule has 0 saturated carbocycles. The highest BCUT2D eigenvalue weighted by molar-refractivity contribution is 9.10. The Labute approximate surface area is 137 Å². The number of carbonyl (C=O) groups is 1. The molecule has 3 nitrogen and oxygen atoms in total. The first-order chi connectivity index (χ1) is 10.1. The molecular formula is C16H15BrClNO2. The second-order valence-corrected chi connectivity index (χ2v) is 5.88. The highest BCUT2D eigenvalue weighted by Gasteiger charge is 2.16. The molecule has 1 amide bonds. The molecule has 1 unspecified atom stereocenters. The van der Waals surface area contributed by atoms with Gasteiger partial charge in [-0.05, 0) is 40.0 Å². The maximum absolute atomic E-state index is 12.2. The van der Waals surface area contributed by atoms with Gasteiger partial charge in [-0.3, -0.25) is 4.79 Å². The van der Waals surface area contributed by atoms with Gasteiger partial charge in [0.15, 0.2) is 0 Å². The number of aliphatic hydroxyl groups excluding tert-OH is 1. The largest absolute Gasteiger partial charge is 0.394 e. The second-order valence-electron chi connectivity index (χ2n) is 4.64. The lowest BCUT2D eigenvalue weighted by atomic mass is 10.1. The lowest BCUT2D eigenvalue weighted by Crippen LogP contribution is -2.39. The van der Waals surface area contributed by atoms with E-state index in [4.69, 9.17) is 11.6 Å². The first-order valence-electron chi connectivity index (χ1n) is 6.51. The van der Waals surface area contributed by atoms with Crippen LogP contribution < -0.4 is 5.32 Å². The van der Waals surface area contributed by atoms with Crippen LogP contribution in [0.1, 0.15) is 15.9 Å². The zero-order valence-corrected chi connectivity index (χ0v) is 13.6. The number of amides is 1. The molecule has 0 aliphatic heterocycles. The number of halogens is 2. The summed E-state index contributed by atoms with van der Waals surface area (Å²) in [4.78, 5) is 12.2. The van der Waals surface area contributed by atoms with Crippen LogP contribution in [0.25, 0.3) is 0 Å². The molecule has 0 bridgehead atoms. The van der Waals surface area contributed by atoms with E-state index in [1.54, 1.807) is 18.2 Å². The molecule has 5 heteroatoms. The molecule has 0 spiro atoms. The van der Waals surface area contributed by atoms with Crippen LogP contribution in [0.2, 0.25) is 5.02 Å². The van der Waals surface area contributed by atoms with Crippen molar-refractivity contribution in [2.24, 2.45) is 0 Å². The number of aliphatic hydroxyl groups is 1. The van der Waals surface area contributed by atoms with E-state index in [-0.39, 0.29) is 18.6 Å². The first kappa shape index (κ1) is 16.0. The normalized spacial score (nSPS) is 12.0. The second kappa shape index (κ2) is 7.59. The smallest absolute Gasteiger partial charge is 0.253 e. The van der Waals surface area contributed by atoms with Crippen LogP contribution in [-0.2, 0) is 6.42 Å².